The molecule has 6 nitrogen and oxygen atoms in total. The van der Waals surface area contributed by atoms with Crippen LogP contribution in [0.5, 0.6) is 0 Å². The Morgan fingerprint density at radius 3 is 2.70 bits per heavy atom. The van der Waals surface area contributed by atoms with E-state index in [1.165, 1.54) is 6.07 Å². The highest BCUT2D eigenvalue weighted by atomic mass is 79.9. The van der Waals surface area contributed by atoms with Gasteiger partial charge in [0, 0.05) is 21.9 Å². The van der Waals surface area contributed by atoms with Crippen molar-refractivity contribution in [2.45, 2.75) is 25.2 Å². The maximum atomic E-state index is 12.4. The van der Waals surface area contributed by atoms with Crippen molar-refractivity contribution in [3.63, 3.8) is 0 Å². The summed E-state index contributed by atoms with van der Waals surface area (Å²) in [6.45, 7) is 3.61. The van der Waals surface area contributed by atoms with Crippen molar-refractivity contribution in [1.29, 1.82) is 0 Å². The number of aromatic nitrogens is 2. The highest BCUT2D eigenvalue weighted by Gasteiger charge is 2.20. The number of nitrogen functional groups attached to an aromatic ring is 1. The molecule has 0 unspecified atom stereocenters. The Morgan fingerprint density at radius 1 is 1.40 bits per heavy atom. The molecule has 1 heterocycles. The maximum Gasteiger partial charge on any atom is 0.263 e. The molecule has 0 atom stereocenters. The second-order valence-electron chi connectivity index (χ2n) is 4.36. The lowest BCUT2D eigenvalue weighted by Crippen LogP contribution is -2.15. The molecular formula is C12H15BrN4O2S. The lowest BCUT2D eigenvalue weighted by Gasteiger charge is -2.11. The average molecular weight is 359 g/mol. The van der Waals surface area contributed by atoms with Gasteiger partial charge in [0.05, 0.1) is 4.90 Å². The van der Waals surface area contributed by atoms with Gasteiger partial charge in [0.1, 0.15) is 0 Å². The Balaban J connectivity index is 2.40. The third-order valence-corrected chi connectivity index (χ3v) is 4.84. The number of aromatic amines is 1. The average Bonchev–Trinajstić information content (AvgIpc) is 2.80. The molecule has 1 aromatic carbocycles. The van der Waals surface area contributed by atoms with Crippen LogP contribution in [0.1, 0.15) is 18.2 Å². The van der Waals surface area contributed by atoms with Crippen molar-refractivity contribution < 1.29 is 8.42 Å². The molecule has 0 saturated carbocycles. The molecule has 8 heteroatoms. The van der Waals surface area contributed by atoms with Crippen LogP contribution in [0, 0.1) is 6.92 Å². The summed E-state index contributed by atoms with van der Waals surface area (Å²) in [5, 5.41) is 6.67. The Kier molecular flexibility index (Phi) is 4.05. The van der Waals surface area contributed by atoms with Gasteiger partial charge in [-0.2, -0.15) is 5.10 Å². The monoisotopic (exact) mass is 358 g/mol. The number of H-pyrrole nitrogens is 1. The normalized spacial score (nSPS) is 11.6. The highest BCUT2D eigenvalue weighted by molar-refractivity contribution is 9.10. The van der Waals surface area contributed by atoms with Gasteiger partial charge in [-0.15, -0.1) is 0 Å². The van der Waals surface area contributed by atoms with Crippen molar-refractivity contribution >= 4 is 37.5 Å². The molecular weight excluding hydrogens is 344 g/mol. The molecule has 0 aliphatic rings. The van der Waals surface area contributed by atoms with Gasteiger partial charge in [-0.1, -0.05) is 22.9 Å². The zero-order chi connectivity index (χ0) is 14.9. The number of aryl methyl sites for hydroxylation is 1. The summed E-state index contributed by atoms with van der Waals surface area (Å²) in [5.74, 6) is 0.264. The fourth-order valence-corrected chi connectivity index (χ4v) is 3.66. The fraction of sp³-hybridized carbons (Fsp3) is 0.250. The van der Waals surface area contributed by atoms with Crippen LogP contribution in [0.4, 0.5) is 11.5 Å². The molecule has 2 rings (SSSR count). The van der Waals surface area contributed by atoms with Crippen molar-refractivity contribution in [1.82, 2.24) is 10.2 Å². The van der Waals surface area contributed by atoms with E-state index in [0.29, 0.717) is 15.7 Å². The van der Waals surface area contributed by atoms with E-state index in [4.69, 9.17) is 5.73 Å². The van der Waals surface area contributed by atoms with Crippen LogP contribution in [-0.2, 0) is 16.4 Å². The topological polar surface area (TPSA) is 101 Å². The molecule has 108 valence electrons. The minimum atomic E-state index is -3.73. The highest BCUT2D eigenvalue weighted by Crippen LogP contribution is 2.27. The number of rotatable bonds is 4. The smallest absolute Gasteiger partial charge is 0.263 e. The summed E-state index contributed by atoms with van der Waals surface area (Å²) in [6.07, 6.45) is 0.748. The van der Waals surface area contributed by atoms with Gasteiger partial charge in [-0.25, -0.2) is 8.42 Å². The van der Waals surface area contributed by atoms with Crippen LogP contribution in [0.2, 0.25) is 0 Å². The largest absolute Gasteiger partial charge is 0.398 e. The van der Waals surface area contributed by atoms with E-state index in [-0.39, 0.29) is 10.7 Å². The van der Waals surface area contributed by atoms with Gasteiger partial charge in [0.25, 0.3) is 10.0 Å². The number of benzene rings is 1. The first-order valence-electron chi connectivity index (χ1n) is 5.96. The van der Waals surface area contributed by atoms with Gasteiger partial charge in [0.2, 0.25) is 0 Å². The number of anilines is 2. The molecule has 0 bridgehead atoms. The number of hydrogen-bond acceptors (Lipinski definition) is 4. The van der Waals surface area contributed by atoms with Gasteiger partial charge in [-0.05, 0) is 31.0 Å². The van der Waals surface area contributed by atoms with Crippen LogP contribution in [0.3, 0.4) is 0 Å². The Labute approximate surface area is 125 Å². The number of hydrogen-bond donors (Lipinski definition) is 3. The fourth-order valence-electron chi connectivity index (χ4n) is 1.74. The summed E-state index contributed by atoms with van der Waals surface area (Å²) in [5.41, 5.74) is 7.57. The van der Waals surface area contributed by atoms with Gasteiger partial charge < -0.3 is 5.73 Å². The predicted molar refractivity (Wildman–Crippen MR) is 82.1 cm³/mol. The Bertz CT molecular complexity index is 740. The Morgan fingerprint density at radius 2 is 2.10 bits per heavy atom. The minimum absolute atomic E-state index is 0.130. The van der Waals surface area contributed by atoms with E-state index in [9.17, 15) is 8.42 Å². The molecule has 0 saturated heterocycles. The minimum Gasteiger partial charge on any atom is -0.398 e. The first-order valence-corrected chi connectivity index (χ1v) is 8.24. The predicted octanol–water partition coefficient (Wildman–Crippen LogP) is 2.43. The molecule has 0 spiro atoms. The molecule has 0 aliphatic carbocycles. The van der Waals surface area contributed by atoms with Crippen molar-refractivity contribution in [2.24, 2.45) is 0 Å². The third-order valence-electron chi connectivity index (χ3n) is 2.91. The zero-order valence-electron chi connectivity index (χ0n) is 11.1. The molecule has 0 amide bonds. The van der Waals surface area contributed by atoms with Crippen LogP contribution in [-0.4, -0.2) is 18.6 Å². The second kappa shape index (κ2) is 5.45. The quantitative estimate of drug-likeness (QED) is 0.730. The molecule has 0 fully saturated rings. The van der Waals surface area contributed by atoms with E-state index in [2.05, 4.69) is 30.8 Å². The van der Waals surface area contributed by atoms with Gasteiger partial charge in [-0.3, -0.25) is 9.82 Å². The van der Waals surface area contributed by atoms with E-state index in [1.54, 1.807) is 19.1 Å². The molecule has 1 aromatic heterocycles. The van der Waals surface area contributed by atoms with E-state index >= 15 is 0 Å². The summed E-state index contributed by atoms with van der Waals surface area (Å²) in [4.78, 5) is 0.130. The van der Waals surface area contributed by atoms with Crippen molar-refractivity contribution in [3.8, 4) is 0 Å². The van der Waals surface area contributed by atoms with E-state index in [1.807, 2.05) is 6.92 Å². The molecule has 2 aromatic rings. The second-order valence-corrected chi connectivity index (χ2v) is 6.92. The molecule has 0 radical (unpaired) electrons. The van der Waals surface area contributed by atoms with Crippen molar-refractivity contribution in [2.75, 3.05) is 10.5 Å². The number of halogens is 1. The van der Waals surface area contributed by atoms with Crippen LogP contribution in [0.25, 0.3) is 0 Å². The van der Waals surface area contributed by atoms with E-state index in [0.717, 1.165) is 12.1 Å². The lowest BCUT2D eigenvalue weighted by atomic mass is 10.2. The third kappa shape index (κ3) is 2.96. The number of nitrogens with two attached hydrogens (primary N) is 1. The lowest BCUT2D eigenvalue weighted by molar-refractivity contribution is 0.600. The summed E-state index contributed by atoms with van der Waals surface area (Å²) >= 11 is 3.25. The first-order chi connectivity index (χ1) is 9.33. The maximum absolute atomic E-state index is 12.4. The summed E-state index contributed by atoms with van der Waals surface area (Å²) in [7, 11) is -3.73. The van der Waals surface area contributed by atoms with Crippen LogP contribution >= 0.6 is 15.9 Å². The zero-order valence-corrected chi connectivity index (χ0v) is 13.5. The summed E-state index contributed by atoms with van der Waals surface area (Å²) < 4.78 is 27.8. The number of nitrogens with zero attached hydrogens (tertiary/aromatic N) is 1. The molecule has 0 aliphatic heterocycles. The Hall–Kier alpha value is -1.54. The molecule has 4 N–H and O–H groups in total. The standard InChI is InChI=1S/C12H15BrN4O2S/c1-3-9-6-12(16-15-9)17-20(18,19)11-5-8(13)4-10(14)7(11)2/h4-6H,3,14H2,1-2H3,(H2,15,16,17). The van der Waals surface area contributed by atoms with Gasteiger partial charge in [0.15, 0.2) is 5.82 Å². The van der Waals surface area contributed by atoms with Crippen LogP contribution < -0.4 is 10.5 Å². The summed E-state index contributed by atoms with van der Waals surface area (Å²) in [6, 6.07) is 4.84. The molecule has 20 heavy (non-hydrogen) atoms. The van der Waals surface area contributed by atoms with E-state index < -0.39 is 10.0 Å². The van der Waals surface area contributed by atoms with Crippen molar-refractivity contribution in [3.05, 3.63) is 33.9 Å². The SMILES string of the molecule is CCc1cc(NS(=O)(=O)c2cc(Br)cc(N)c2C)n[nH]1. The van der Waals surface area contributed by atoms with Gasteiger partial charge >= 0.3 is 0 Å². The first kappa shape index (κ1) is 14.9. The van der Waals surface area contributed by atoms with Crippen LogP contribution in [0.15, 0.2) is 27.6 Å². The number of nitrogens with one attached hydrogen (secondary N) is 2. The number of sulfonamides is 1.